The second-order valence-electron chi connectivity index (χ2n) is 4.44. The lowest BCUT2D eigenvalue weighted by molar-refractivity contribution is -0.114. The molecule has 21 heavy (non-hydrogen) atoms. The molecule has 0 saturated carbocycles. The zero-order valence-electron chi connectivity index (χ0n) is 11.2. The van der Waals surface area contributed by atoms with Crippen molar-refractivity contribution in [3.8, 4) is 0 Å². The molecule has 2 rings (SSSR count). The average molecular weight is 327 g/mol. The van der Waals surface area contributed by atoms with Gasteiger partial charge in [-0.2, -0.15) is 0 Å². The third-order valence-electron chi connectivity index (χ3n) is 2.91. The molecule has 2 aromatic carbocycles. The fourth-order valence-corrected chi connectivity index (χ4v) is 2.09. The average Bonchev–Trinajstić information content (AvgIpc) is 2.45. The maximum Gasteiger partial charge on any atom is 0.243 e. The molecule has 2 N–H and O–H groups in total. The van der Waals surface area contributed by atoms with Crippen molar-refractivity contribution in [1.29, 1.82) is 0 Å². The minimum atomic E-state index is -0.467. The van der Waals surface area contributed by atoms with Crippen LogP contribution in [-0.2, 0) is 4.79 Å². The van der Waals surface area contributed by atoms with Crippen LogP contribution in [0.25, 0.3) is 0 Å². The Kier molecular flexibility index (Phi) is 5.04. The number of hydrogen-bond acceptors (Lipinski definition) is 2. The first-order valence-electron chi connectivity index (χ1n) is 6.21. The summed E-state index contributed by atoms with van der Waals surface area (Å²) in [6.07, 6.45) is 0. The highest BCUT2D eigenvalue weighted by atomic mass is 35.5. The van der Waals surface area contributed by atoms with E-state index in [9.17, 15) is 9.18 Å². The highest BCUT2D eigenvalue weighted by Gasteiger charge is 2.08. The van der Waals surface area contributed by atoms with E-state index in [2.05, 4.69) is 10.6 Å². The van der Waals surface area contributed by atoms with E-state index in [4.69, 9.17) is 23.2 Å². The SMILES string of the molecule is Cc1c(Cl)cccc1NC(=O)CNc1cc(Cl)ccc1F. The highest BCUT2D eigenvalue weighted by molar-refractivity contribution is 6.31. The smallest absolute Gasteiger partial charge is 0.243 e. The molecule has 6 heteroatoms. The molecule has 2 aromatic rings. The molecular weight excluding hydrogens is 314 g/mol. The molecule has 0 radical (unpaired) electrons. The van der Waals surface area contributed by atoms with Crippen molar-refractivity contribution in [3.63, 3.8) is 0 Å². The summed E-state index contributed by atoms with van der Waals surface area (Å²) < 4.78 is 13.5. The Morgan fingerprint density at radius 3 is 2.71 bits per heavy atom. The van der Waals surface area contributed by atoms with Gasteiger partial charge >= 0.3 is 0 Å². The Hall–Kier alpha value is -1.78. The lowest BCUT2D eigenvalue weighted by Gasteiger charge is -2.11. The largest absolute Gasteiger partial charge is 0.374 e. The minimum Gasteiger partial charge on any atom is -0.374 e. The molecule has 0 fully saturated rings. The number of hydrogen-bond donors (Lipinski definition) is 2. The predicted octanol–water partition coefficient (Wildman–Crippen LogP) is 4.49. The van der Waals surface area contributed by atoms with Gasteiger partial charge in [0.25, 0.3) is 0 Å². The third kappa shape index (κ3) is 4.09. The normalized spacial score (nSPS) is 10.3. The summed E-state index contributed by atoms with van der Waals surface area (Å²) in [6, 6.07) is 9.34. The number of halogens is 3. The monoisotopic (exact) mass is 326 g/mol. The Balaban J connectivity index is 1.99. The van der Waals surface area contributed by atoms with Crippen LogP contribution in [0.3, 0.4) is 0 Å². The molecular formula is C15H13Cl2FN2O. The van der Waals surface area contributed by atoms with Crippen LogP contribution >= 0.6 is 23.2 Å². The van der Waals surface area contributed by atoms with Crippen LogP contribution in [0.4, 0.5) is 15.8 Å². The van der Waals surface area contributed by atoms with Gasteiger partial charge in [-0.15, -0.1) is 0 Å². The summed E-state index contributed by atoms with van der Waals surface area (Å²) in [5.74, 6) is -0.772. The van der Waals surface area contributed by atoms with Crippen LogP contribution in [0.15, 0.2) is 36.4 Å². The van der Waals surface area contributed by atoms with E-state index in [1.807, 2.05) is 6.92 Å². The van der Waals surface area contributed by atoms with Gasteiger partial charge in [0.1, 0.15) is 5.82 Å². The van der Waals surface area contributed by atoms with E-state index in [0.717, 1.165) is 5.56 Å². The fraction of sp³-hybridized carbons (Fsp3) is 0.133. The molecule has 1 amide bonds. The summed E-state index contributed by atoms with van der Waals surface area (Å²) in [7, 11) is 0. The first-order chi connectivity index (χ1) is 9.97. The Labute approximate surface area is 132 Å². The van der Waals surface area contributed by atoms with Crippen LogP contribution in [0.1, 0.15) is 5.56 Å². The van der Waals surface area contributed by atoms with Crippen LogP contribution in [0.2, 0.25) is 10.0 Å². The second-order valence-corrected chi connectivity index (χ2v) is 5.28. The summed E-state index contributed by atoms with van der Waals surface area (Å²) in [6.45, 7) is 1.73. The summed E-state index contributed by atoms with van der Waals surface area (Å²) in [5.41, 5.74) is 1.59. The molecule has 0 saturated heterocycles. The number of carbonyl (C=O) groups is 1. The van der Waals surface area contributed by atoms with Gasteiger partial charge in [-0.25, -0.2) is 4.39 Å². The van der Waals surface area contributed by atoms with E-state index in [1.54, 1.807) is 18.2 Å². The Morgan fingerprint density at radius 2 is 1.95 bits per heavy atom. The van der Waals surface area contributed by atoms with Gasteiger partial charge in [-0.3, -0.25) is 4.79 Å². The Morgan fingerprint density at radius 1 is 1.19 bits per heavy atom. The highest BCUT2D eigenvalue weighted by Crippen LogP contribution is 2.23. The number of benzene rings is 2. The lowest BCUT2D eigenvalue weighted by atomic mass is 10.2. The molecule has 0 aliphatic carbocycles. The summed E-state index contributed by atoms with van der Waals surface area (Å²) >= 11 is 11.8. The van der Waals surface area contributed by atoms with Crippen molar-refractivity contribution in [2.24, 2.45) is 0 Å². The zero-order chi connectivity index (χ0) is 15.4. The van der Waals surface area contributed by atoms with Crippen LogP contribution in [0, 0.1) is 12.7 Å². The van der Waals surface area contributed by atoms with Gasteiger partial charge in [-0.05, 0) is 42.8 Å². The maximum atomic E-state index is 13.5. The quantitative estimate of drug-likeness (QED) is 0.869. The molecule has 0 unspecified atom stereocenters. The first kappa shape index (κ1) is 15.6. The topological polar surface area (TPSA) is 41.1 Å². The van der Waals surface area contributed by atoms with Crippen LogP contribution in [-0.4, -0.2) is 12.5 Å². The summed E-state index contributed by atoms with van der Waals surface area (Å²) in [4.78, 5) is 11.9. The van der Waals surface area contributed by atoms with Gasteiger partial charge in [0.15, 0.2) is 0 Å². The van der Waals surface area contributed by atoms with E-state index >= 15 is 0 Å². The van der Waals surface area contributed by atoms with Crippen molar-refractivity contribution in [2.45, 2.75) is 6.92 Å². The lowest BCUT2D eigenvalue weighted by Crippen LogP contribution is -2.22. The molecule has 0 spiro atoms. The standard InChI is InChI=1S/C15H13Cl2FN2O/c1-9-11(17)3-2-4-13(9)20-15(21)8-19-14-7-10(16)5-6-12(14)18/h2-7,19H,8H2,1H3,(H,20,21). The van der Waals surface area contributed by atoms with Gasteiger partial charge in [0.05, 0.1) is 12.2 Å². The predicted molar refractivity (Wildman–Crippen MR) is 84.7 cm³/mol. The molecule has 0 aliphatic rings. The molecule has 0 atom stereocenters. The number of rotatable bonds is 4. The fourth-order valence-electron chi connectivity index (χ4n) is 1.75. The van der Waals surface area contributed by atoms with E-state index in [-0.39, 0.29) is 18.1 Å². The zero-order valence-corrected chi connectivity index (χ0v) is 12.7. The number of nitrogens with one attached hydrogen (secondary N) is 2. The maximum absolute atomic E-state index is 13.5. The van der Waals surface area contributed by atoms with Crippen molar-refractivity contribution in [2.75, 3.05) is 17.2 Å². The van der Waals surface area contributed by atoms with E-state index < -0.39 is 5.82 Å². The van der Waals surface area contributed by atoms with E-state index in [0.29, 0.717) is 15.7 Å². The number of amides is 1. The van der Waals surface area contributed by atoms with Crippen molar-refractivity contribution < 1.29 is 9.18 Å². The molecule has 0 heterocycles. The Bertz CT molecular complexity index is 677. The minimum absolute atomic E-state index is 0.0801. The molecule has 0 aliphatic heterocycles. The van der Waals surface area contributed by atoms with Gasteiger partial charge < -0.3 is 10.6 Å². The van der Waals surface area contributed by atoms with Crippen molar-refractivity contribution >= 4 is 40.5 Å². The van der Waals surface area contributed by atoms with Crippen molar-refractivity contribution in [3.05, 3.63) is 57.8 Å². The van der Waals surface area contributed by atoms with Gasteiger partial charge in [0.2, 0.25) is 5.91 Å². The molecule has 0 aromatic heterocycles. The molecule has 0 bridgehead atoms. The third-order valence-corrected chi connectivity index (χ3v) is 3.55. The van der Waals surface area contributed by atoms with Crippen LogP contribution < -0.4 is 10.6 Å². The van der Waals surface area contributed by atoms with E-state index in [1.165, 1.54) is 18.2 Å². The first-order valence-corrected chi connectivity index (χ1v) is 6.97. The number of carbonyl (C=O) groups excluding carboxylic acids is 1. The molecule has 110 valence electrons. The summed E-state index contributed by atoms with van der Waals surface area (Å²) in [5, 5.41) is 6.38. The second kappa shape index (κ2) is 6.78. The van der Waals surface area contributed by atoms with Gasteiger partial charge in [-0.1, -0.05) is 29.3 Å². The molecule has 3 nitrogen and oxygen atoms in total. The van der Waals surface area contributed by atoms with Gasteiger partial charge in [0, 0.05) is 15.7 Å². The van der Waals surface area contributed by atoms with Crippen molar-refractivity contribution in [1.82, 2.24) is 0 Å². The van der Waals surface area contributed by atoms with Crippen LogP contribution in [0.5, 0.6) is 0 Å². The number of anilines is 2.